The molecule has 0 bridgehead atoms. The van der Waals surface area contributed by atoms with Crippen LogP contribution >= 0.6 is 0 Å². The Bertz CT molecular complexity index is 418. The Morgan fingerprint density at radius 1 is 1.33 bits per heavy atom. The minimum atomic E-state index is -0.742. The predicted octanol–water partition coefficient (Wildman–Crippen LogP) is 5.50. The average Bonchev–Trinajstić information content (AvgIpc) is 2.36. The molecule has 0 spiro atoms. The van der Waals surface area contributed by atoms with Crippen molar-refractivity contribution < 1.29 is 5.11 Å². The van der Waals surface area contributed by atoms with Crippen molar-refractivity contribution in [1.29, 1.82) is 0 Å². The lowest BCUT2D eigenvalue weighted by Gasteiger charge is -2.58. The van der Waals surface area contributed by atoms with E-state index in [1.807, 2.05) is 6.92 Å². The van der Waals surface area contributed by atoms with Crippen LogP contribution in [0.15, 0.2) is 24.8 Å². The summed E-state index contributed by atoms with van der Waals surface area (Å²) in [7, 11) is 0. The molecule has 120 valence electrons. The lowest BCUT2D eigenvalue weighted by Crippen LogP contribution is -2.49. The van der Waals surface area contributed by atoms with Gasteiger partial charge in [0.05, 0.1) is 5.60 Å². The van der Waals surface area contributed by atoms with Crippen LogP contribution in [0.25, 0.3) is 0 Å². The van der Waals surface area contributed by atoms with E-state index in [1.54, 1.807) is 6.08 Å². The van der Waals surface area contributed by atoms with Gasteiger partial charge in [0.15, 0.2) is 0 Å². The molecular formula is C20H34O. The largest absolute Gasteiger partial charge is 0.386 e. The van der Waals surface area contributed by atoms with Crippen LogP contribution in [-0.2, 0) is 0 Å². The maximum atomic E-state index is 10.3. The lowest BCUT2D eigenvalue weighted by molar-refractivity contribution is -0.0583. The summed E-state index contributed by atoms with van der Waals surface area (Å²) in [5.74, 6) is 1.35. The van der Waals surface area contributed by atoms with E-state index >= 15 is 0 Å². The first kappa shape index (κ1) is 16.8. The summed E-state index contributed by atoms with van der Waals surface area (Å²) in [5, 5.41) is 10.3. The molecule has 1 N–H and O–H groups in total. The van der Waals surface area contributed by atoms with Crippen LogP contribution in [0.3, 0.4) is 0 Å². The fraction of sp³-hybridized carbons (Fsp3) is 0.800. The molecular weight excluding hydrogens is 256 g/mol. The molecule has 0 unspecified atom stereocenters. The van der Waals surface area contributed by atoms with Gasteiger partial charge in [0, 0.05) is 0 Å². The topological polar surface area (TPSA) is 20.2 Å². The zero-order chi connectivity index (χ0) is 15.9. The van der Waals surface area contributed by atoms with Crippen molar-refractivity contribution in [3.8, 4) is 0 Å². The van der Waals surface area contributed by atoms with Gasteiger partial charge >= 0.3 is 0 Å². The third-order valence-corrected chi connectivity index (χ3v) is 6.70. The lowest BCUT2D eigenvalue weighted by atomic mass is 9.47. The van der Waals surface area contributed by atoms with Crippen LogP contribution in [-0.4, -0.2) is 10.7 Å². The van der Waals surface area contributed by atoms with Gasteiger partial charge in [0.25, 0.3) is 0 Å². The van der Waals surface area contributed by atoms with Gasteiger partial charge in [0.2, 0.25) is 0 Å². The summed E-state index contributed by atoms with van der Waals surface area (Å²) in [6, 6.07) is 0. The highest BCUT2D eigenvalue weighted by Crippen LogP contribution is 2.61. The summed E-state index contributed by atoms with van der Waals surface area (Å²) in [5.41, 5.74) is 1.50. The molecule has 2 aliphatic rings. The van der Waals surface area contributed by atoms with Crippen LogP contribution < -0.4 is 0 Å². The minimum Gasteiger partial charge on any atom is -0.386 e. The van der Waals surface area contributed by atoms with Crippen molar-refractivity contribution >= 4 is 0 Å². The molecule has 0 radical (unpaired) electrons. The van der Waals surface area contributed by atoms with Crippen molar-refractivity contribution in [2.24, 2.45) is 22.7 Å². The molecule has 2 aliphatic carbocycles. The van der Waals surface area contributed by atoms with Gasteiger partial charge in [-0.2, -0.15) is 0 Å². The van der Waals surface area contributed by atoms with E-state index in [9.17, 15) is 5.11 Å². The summed E-state index contributed by atoms with van der Waals surface area (Å²) < 4.78 is 0. The highest BCUT2D eigenvalue weighted by atomic mass is 16.3. The minimum absolute atomic E-state index is 0.369. The van der Waals surface area contributed by atoms with Crippen molar-refractivity contribution in [3.63, 3.8) is 0 Å². The molecule has 2 saturated carbocycles. The number of fused-ring (bicyclic) bond motifs is 1. The molecule has 0 amide bonds. The normalized spacial score (nSPS) is 38.4. The smallest absolute Gasteiger partial charge is 0.0797 e. The first-order valence-corrected chi connectivity index (χ1v) is 8.66. The van der Waals surface area contributed by atoms with Crippen LogP contribution in [0.5, 0.6) is 0 Å². The SMILES string of the molecule is C=C[C@@](C)(O)CC[C@H]1C(=C)CC[C@@H]2C(C)(C)CCC[C@@]21C. The second-order valence-corrected chi connectivity index (χ2v) is 8.75. The van der Waals surface area contributed by atoms with E-state index < -0.39 is 5.60 Å². The summed E-state index contributed by atoms with van der Waals surface area (Å²) in [6.07, 6.45) is 10.0. The number of hydrogen-bond donors (Lipinski definition) is 1. The molecule has 0 aromatic carbocycles. The number of allylic oxidation sites excluding steroid dienone is 1. The molecule has 0 saturated heterocycles. The summed E-state index contributed by atoms with van der Waals surface area (Å²) in [6.45, 7) is 17.4. The van der Waals surface area contributed by atoms with Crippen molar-refractivity contribution in [1.82, 2.24) is 0 Å². The Morgan fingerprint density at radius 2 is 2.00 bits per heavy atom. The van der Waals surface area contributed by atoms with E-state index in [0.717, 1.165) is 18.8 Å². The molecule has 0 heterocycles. The van der Waals surface area contributed by atoms with Gasteiger partial charge in [-0.25, -0.2) is 0 Å². The molecule has 4 atom stereocenters. The zero-order valence-electron chi connectivity index (χ0n) is 14.5. The number of rotatable bonds is 4. The van der Waals surface area contributed by atoms with E-state index in [0.29, 0.717) is 16.7 Å². The Hall–Kier alpha value is -0.560. The van der Waals surface area contributed by atoms with Crippen molar-refractivity contribution in [2.45, 2.75) is 78.2 Å². The third-order valence-electron chi connectivity index (χ3n) is 6.70. The zero-order valence-corrected chi connectivity index (χ0v) is 14.5. The molecule has 21 heavy (non-hydrogen) atoms. The summed E-state index contributed by atoms with van der Waals surface area (Å²) >= 11 is 0. The van der Waals surface area contributed by atoms with Gasteiger partial charge < -0.3 is 5.11 Å². The van der Waals surface area contributed by atoms with Crippen molar-refractivity contribution in [3.05, 3.63) is 24.8 Å². The Balaban J connectivity index is 2.21. The Labute approximate surface area is 131 Å². The molecule has 2 fully saturated rings. The predicted molar refractivity (Wildman–Crippen MR) is 91.1 cm³/mol. The van der Waals surface area contributed by atoms with Gasteiger partial charge in [-0.05, 0) is 68.1 Å². The molecule has 1 nitrogen and oxygen atoms in total. The first-order valence-electron chi connectivity index (χ1n) is 8.66. The summed E-state index contributed by atoms with van der Waals surface area (Å²) in [4.78, 5) is 0. The molecule has 0 aliphatic heterocycles. The van der Waals surface area contributed by atoms with Gasteiger partial charge in [-0.3, -0.25) is 0 Å². The monoisotopic (exact) mass is 290 g/mol. The second-order valence-electron chi connectivity index (χ2n) is 8.75. The third kappa shape index (κ3) is 3.13. The molecule has 2 rings (SSSR count). The van der Waals surface area contributed by atoms with Gasteiger partial charge in [0.1, 0.15) is 0 Å². The fourth-order valence-corrected chi connectivity index (χ4v) is 5.35. The van der Waals surface area contributed by atoms with Gasteiger partial charge in [-0.1, -0.05) is 45.4 Å². The maximum absolute atomic E-state index is 10.3. The van der Waals surface area contributed by atoms with Crippen LogP contribution in [0.4, 0.5) is 0 Å². The quantitative estimate of drug-likeness (QED) is 0.678. The van der Waals surface area contributed by atoms with Crippen molar-refractivity contribution in [2.75, 3.05) is 0 Å². The van der Waals surface area contributed by atoms with Crippen LogP contribution in [0.2, 0.25) is 0 Å². The molecule has 0 aromatic rings. The Morgan fingerprint density at radius 3 is 2.62 bits per heavy atom. The van der Waals surface area contributed by atoms with E-state index in [-0.39, 0.29) is 0 Å². The molecule has 1 heteroatoms. The maximum Gasteiger partial charge on any atom is 0.0797 e. The Kier molecular flexibility index (Phi) is 4.46. The highest BCUT2D eigenvalue weighted by Gasteiger charge is 2.52. The number of hydrogen-bond acceptors (Lipinski definition) is 1. The molecule has 0 aromatic heterocycles. The van der Waals surface area contributed by atoms with Gasteiger partial charge in [-0.15, -0.1) is 6.58 Å². The van der Waals surface area contributed by atoms with Crippen LogP contribution in [0, 0.1) is 22.7 Å². The fourth-order valence-electron chi connectivity index (χ4n) is 5.35. The highest BCUT2D eigenvalue weighted by molar-refractivity contribution is 5.16. The first-order chi connectivity index (χ1) is 9.62. The standard InChI is InChI=1S/C20H34O/c1-7-19(5,21)14-11-16-15(2)9-10-17-18(3,4)12-8-13-20(16,17)6/h7,16-17,21H,1-2,8-14H2,3-6H3/t16-,17+,19+,20+/m0/s1. The van der Waals surface area contributed by atoms with E-state index in [1.165, 1.54) is 37.7 Å². The average molecular weight is 290 g/mol. The second kappa shape index (κ2) is 5.57. The van der Waals surface area contributed by atoms with Crippen LogP contribution in [0.1, 0.15) is 72.6 Å². The number of aliphatic hydroxyl groups is 1. The van der Waals surface area contributed by atoms with E-state index in [2.05, 4.69) is 33.9 Å². The van der Waals surface area contributed by atoms with E-state index in [4.69, 9.17) is 0 Å².